The first-order valence-electron chi connectivity index (χ1n) is 10.5. The Kier molecular flexibility index (Phi) is 7.05. The second-order valence-corrected chi connectivity index (χ2v) is 8.03. The van der Waals surface area contributed by atoms with E-state index in [0.717, 1.165) is 16.8 Å². The van der Waals surface area contributed by atoms with Gasteiger partial charge in [-0.05, 0) is 63.4 Å². The molecule has 0 spiro atoms. The quantitative estimate of drug-likeness (QED) is 0.273. The van der Waals surface area contributed by atoms with Crippen LogP contribution < -0.4 is 5.32 Å². The van der Waals surface area contributed by atoms with Crippen LogP contribution in [0.25, 0.3) is 5.57 Å². The Morgan fingerprint density at radius 1 is 1.06 bits per heavy atom. The van der Waals surface area contributed by atoms with Gasteiger partial charge in [-0.2, -0.15) is 0 Å². The number of nitro benzene ring substituents is 1. The van der Waals surface area contributed by atoms with Crippen molar-refractivity contribution in [2.45, 2.75) is 40.2 Å². The van der Waals surface area contributed by atoms with Crippen molar-refractivity contribution < 1.29 is 19.2 Å². The molecule has 1 N–H and O–H groups in total. The first kappa shape index (κ1) is 23.1. The Morgan fingerprint density at radius 3 is 2.34 bits per heavy atom. The summed E-state index contributed by atoms with van der Waals surface area (Å²) in [6.45, 7) is 8.40. The van der Waals surface area contributed by atoms with E-state index in [1.807, 2.05) is 45.9 Å². The molecule has 32 heavy (non-hydrogen) atoms. The largest absolute Gasteiger partial charge is 0.379 e. The SMILES string of the molecule is Cc1ccc(NC2=C(c3ccc([N+](=O)[O-])cc3)C(=O)N(CCCOC(C)C)C2=O)c(C)c1. The summed E-state index contributed by atoms with van der Waals surface area (Å²) in [6.07, 6.45) is 0.579. The monoisotopic (exact) mass is 437 g/mol. The smallest absolute Gasteiger partial charge is 0.278 e. The second-order valence-electron chi connectivity index (χ2n) is 8.03. The number of nitrogens with one attached hydrogen (secondary N) is 1. The molecule has 8 nitrogen and oxygen atoms in total. The molecule has 168 valence electrons. The molecule has 0 atom stereocenters. The van der Waals surface area contributed by atoms with E-state index in [-0.39, 0.29) is 29.6 Å². The lowest BCUT2D eigenvalue weighted by molar-refractivity contribution is -0.384. The Labute approximate surface area is 187 Å². The highest BCUT2D eigenvalue weighted by molar-refractivity contribution is 6.36. The van der Waals surface area contributed by atoms with Crippen LogP contribution in [0.1, 0.15) is 37.0 Å². The summed E-state index contributed by atoms with van der Waals surface area (Å²) < 4.78 is 5.53. The van der Waals surface area contributed by atoms with Crippen LogP contribution in [-0.2, 0) is 14.3 Å². The number of non-ortho nitro benzene ring substituents is 1. The highest BCUT2D eigenvalue weighted by Crippen LogP contribution is 2.32. The molecule has 0 bridgehead atoms. The summed E-state index contributed by atoms with van der Waals surface area (Å²) in [5.41, 5.74) is 3.47. The number of ether oxygens (including phenoxy) is 1. The van der Waals surface area contributed by atoms with E-state index in [2.05, 4.69) is 5.32 Å². The maximum Gasteiger partial charge on any atom is 0.278 e. The molecule has 0 aliphatic carbocycles. The number of hydrogen-bond donors (Lipinski definition) is 1. The number of nitro groups is 1. The second kappa shape index (κ2) is 9.74. The maximum absolute atomic E-state index is 13.2. The standard InChI is InChI=1S/C24H27N3O5/c1-15(2)32-13-5-12-26-23(28)21(18-7-9-19(10-8-18)27(30)31)22(24(26)29)25-20-11-6-16(3)14-17(20)4/h6-11,14-15,25H,5,12-13H2,1-4H3. The molecule has 0 fully saturated rings. The first-order chi connectivity index (χ1) is 15.2. The molecule has 2 aromatic carbocycles. The molecule has 8 heteroatoms. The first-order valence-corrected chi connectivity index (χ1v) is 10.5. The zero-order valence-corrected chi connectivity index (χ0v) is 18.7. The molecule has 3 rings (SSSR count). The third-order valence-corrected chi connectivity index (χ3v) is 5.15. The zero-order chi connectivity index (χ0) is 23.4. The minimum Gasteiger partial charge on any atom is -0.379 e. The van der Waals surface area contributed by atoms with E-state index >= 15 is 0 Å². The zero-order valence-electron chi connectivity index (χ0n) is 18.7. The summed E-state index contributed by atoms with van der Waals surface area (Å²) in [4.78, 5) is 38.2. The highest BCUT2D eigenvalue weighted by atomic mass is 16.6. The normalized spacial score (nSPS) is 14.0. The van der Waals surface area contributed by atoms with Gasteiger partial charge in [-0.25, -0.2) is 0 Å². The fourth-order valence-corrected chi connectivity index (χ4v) is 3.54. The number of anilines is 1. The van der Waals surface area contributed by atoms with Gasteiger partial charge in [0, 0.05) is 31.0 Å². The number of benzene rings is 2. The molecule has 1 heterocycles. The van der Waals surface area contributed by atoms with Crippen molar-refractivity contribution in [1.82, 2.24) is 4.90 Å². The van der Waals surface area contributed by atoms with Crippen LogP contribution in [-0.4, -0.2) is 40.9 Å². The number of hydrogen-bond acceptors (Lipinski definition) is 6. The van der Waals surface area contributed by atoms with Crippen LogP contribution in [0.2, 0.25) is 0 Å². The van der Waals surface area contributed by atoms with Crippen molar-refractivity contribution in [3.05, 3.63) is 75.0 Å². The van der Waals surface area contributed by atoms with Crippen molar-refractivity contribution in [2.24, 2.45) is 0 Å². The van der Waals surface area contributed by atoms with Crippen molar-refractivity contribution in [3.63, 3.8) is 0 Å². The predicted octanol–water partition coefficient (Wildman–Crippen LogP) is 4.22. The molecule has 2 aromatic rings. The molecule has 0 aromatic heterocycles. The molecular formula is C24H27N3O5. The van der Waals surface area contributed by atoms with Crippen molar-refractivity contribution >= 4 is 28.8 Å². The Bertz CT molecular complexity index is 1070. The summed E-state index contributed by atoms with van der Waals surface area (Å²) in [7, 11) is 0. The minimum atomic E-state index is -0.504. The van der Waals surface area contributed by atoms with Crippen molar-refractivity contribution in [3.8, 4) is 0 Å². The number of amides is 2. The minimum absolute atomic E-state index is 0.0653. The van der Waals surface area contributed by atoms with Gasteiger partial charge < -0.3 is 10.1 Å². The summed E-state index contributed by atoms with van der Waals surface area (Å²) >= 11 is 0. The molecule has 1 aliphatic rings. The van der Waals surface area contributed by atoms with Gasteiger partial charge in [-0.15, -0.1) is 0 Å². The maximum atomic E-state index is 13.2. The van der Waals surface area contributed by atoms with E-state index in [4.69, 9.17) is 4.74 Å². The fourth-order valence-electron chi connectivity index (χ4n) is 3.54. The van der Waals surface area contributed by atoms with Gasteiger partial charge in [0.2, 0.25) is 0 Å². The van der Waals surface area contributed by atoms with Gasteiger partial charge >= 0.3 is 0 Å². The fraction of sp³-hybridized carbons (Fsp3) is 0.333. The number of imide groups is 1. The van der Waals surface area contributed by atoms with Gasteiger partial charge in [0.25, 0.3) is 17.5 Å². The van der Waals surface area contributed by atoms with Crippen LogP contribution >= 0.6 is 0 Å². The van der Waals surface area contributed by atoms with Crippen LogP contribution in [0, 0.1) is 24.0 Å². The number of rotatable bonds is 9. The van der Waals surface area contributed by atoms with Gasteiger partial charge in [0.05, 0.1) is 16.6 Å². The lowest BCUT2D eigenvalue weighted by Gasteiger charge is -2.16. The molecule has 1 aliphatic heterocycles. The summed E-state index contributed by atoms with van der Waals surface area (Å²) in [6, 6.07) is 11.4. The van der Waals surface area contributed by atoms with Gasteiger partial charge in [0.15, 0.2) is 0 Å². The Hall–Kier alpha value is -3.52. The van der Waals surface area contributed by atoms with Crippen LogP contribution in [0.4, 0.5) is 11.4 Å². The lowest BCUT2D eigenvalue weighted by atomic mass is 10.0. The molecule has 0 saturated carbocycles. The third kappa shape index (κ3) is 5.03. The average Bonchev–Trinajstić information content (AvgIpc) is 2.97. The average molecular weight is 437 g/mol. The van der Waals surface area contributed by atoms with E-state index < -0.39 is 16.7 Å². The molecular weight excluding hydrogens is 410 g/mol. The van der Waals surface area contributed by atoms with Crippen LogP contribution in [0.3, 0.4) is 0 Å². The summed E-state index contributed by atoms with van der Waals surface area (Å²) in [5, 5.41) is 14.2. The van der Waals surface area contributed by atoms with E-state index in [9.17, 15) is 19.7 Å². The number of aryl methyl sites for hydroxylation is 2. The van der Waals surface area contributed by atoms with Crippen LogP contribution in [0.5, 0.6) is 0 Å². The third-order valence-electron chi connectivity index (χ3n) is 5.15. The van der Waals surface area contributed by atoms with E-state index in [1.54, 1.807) is 0 Å². The Morgan fingerprint density at radius 2 is 1.75 bits per heavy atom. The number of nitrogens with zero attached hydrogens (tertiary/aromatic N) is 2. The van der Waals surface area contributed by atoms with E-state index in [0.29, 0.717) is 18.6 Å². The molecule has 0 saturated heterocycles. The summed E-state index contributed by atoms with van der Waals surface area (Å²) in [5.74, 6) is -0.853. The van der Waals surface area contributed by atoms with E-state index in [1.165, 1.54) is 29.2 Å². The number of carbonyl (C=O) groups is 2. The molecule has 2 amide bonds. The van der Waals surface area contributed by atoms with Crippen molar-refractivity contribution in [1.29, 1.82) is 0 Å². The molecule has 0 unspecified atom stereocenters. The highest BCUT2D eigenvalue weighted by Gasteiger charge is 2.39. The van der Waals surface area contributed by atoms with Crippen molar-refractivity contribution in [2.75, 3.05) is 18.5 Å². The Balaban J connectivity index is 1.95. The predicted molar refractivity (Wildman–Crippen MR) is 122 cm³/mol. The number of carbonyl (C=O) groups excluding carboxylic acids is 2. The van der Waals surface area contributed by atoms with Gasteiger partial charge in [-0.3, -0.25) is 24.6 Å². The molecule has 0 radical (unpaired) electrons. The van der Waals surface area contributed by atoms with Crippen LogP contribution in [0.15, 0.2) is 48.2 Å². The van der Waals surface area contributed by atoms with Gasteiger partial charge in [-0.1, -0.05) is 17.7 Å². The van der Waals surface area contributed by atoms with Gasteiger partial charge in [0.1, 0.15) is 5.70 Å². The lowest BCUT2D eigenvalue weighted by Crippen LogP contribution is -2.34. The topological polar surface area (TPSA) is 102 Å².